The summed E-state index contributed by atoms with van der Waals surface area (Å²) < 4.78 is 21.5. The van der Waals surface area contributed by atoms with Crippen molar-refractivity contribution in [2.45, 2.75) is 19.8 Å². The van der Waals surface area contributed by atoms with E-state index in [-0.39, 0.29) is 17.9 Å². The van der Waals surface area contributed by atoms with E-state index in [9.17, 15) is 9.36 Å². The van der Waals surface area contributed by atoms with Crippen molar-refractivity contribution < 1.29 is 18.4 Å². The van der Waals surface area contributed by atoms with Gasteiger partial charge in [-0.05, 0) is 12.5 Å². The highest BCUT2D eigenvalue weighted by molar-refractivity contribution is 7.54. The molecule has 0 spiro atoms. The molecule has 0 aliphatic carbocycles. The van der Waals surface area contributed by atoms with Crippen LogP contribution in [0.3, 0.4) is 0 Å². The molecule has 0 saturated carbocycles. The number of aryl methyl sites for hydroxylation is 1. The summed E-state index contributed by atoms with van der Waals surface area (Å²) in [5, 5.41) is 0. The van der Waals surface area contributed by atoms with Crippen LogP contribution in [0.15, 0.2) is 24.3 Å². The molecule has 0 fully saturated rings. The first-order chi connectivity index (χ1) is 8.41. The second-order valence-electron chi connectivity index (χ2n) is 4.24. The molecule has 1 aromatic carbocycles. The predicted octanol–water partition coefficient (Wildman–Crippen LogP) is 3.15. The molecule has 0 saturated heterocycles. The molecule has 1 rings (SSSR count). The number of carbonyl (C=O) groups excluding carboxylic acids is 1. The Hall–Kier alpha value is -0.960. The standard InChI is InChI=1S/C13H19O4P/c1-10-6-5-7-12(8-10)11(2)13(14)9-18(15,16-3)17-4/h5-8,11H,9H2,1-4H3. The zero-order valence-corrected chi connectivity index (χ0v) is 12.1. The Kier molecular flexibility index (Phi) is 5.27. The average Bonchev–Trinajstić information content (AvgIpc) is 2.37. The van der Waals surface area contributed by atoms with Crippen molar-refractivity contribution in [3.8, 4) is 0 Å². The van der Waals surface area contributed by atoms with Crippen LogP contribution in [0.5, 0.6) is 0 Å². The molecule has 18 heavy (non-hydrogen) atoms. The molecule has 4 nitrogen and oxygen atoms in total. The van der Waals surface area contributed by atoms with Crippen molar-refractivity contribution in [1.82, 2.24) is 0 Å². The first kappa shape index (κ1) is 15.1. The smallest absolute Gasteiger partial charge is 0.312 e. The lowest BCUT2D eigenvalue weighted by molar-refractivity contribution is -0.118. The Morgan fingerprint density at radius 2 is 1.94 bits per heavy atom. The summed E-state index contributed by atoms with van der Waals surface area (Å²) >= 11 is 0. The largest absolute Gasteiger partial charge is 0.337 e. The minimum atomic E-state index is -3.27. The Balaban J connectivity index is 2.82. The molecule has 0 aromatic heterocycles. The Morgan fingerprint density at radius 3 is 2.44 bits per heavy atom. The van der Waals surface area contributed by atoms with E-state index < -0.39 is 7.60 Å². The number of benzene rings is 1. The van der Waals surface area contributed by atoms with E-state index in [1.54, 1.807) is 6.92 Å². The van der Waals surface area contributed by atoms with Crippen LogP contribution in [-0.2, 0) is 18.4 Å². The van der Waals surface area contributed by atoms with Gasteiger partial charge in [0, 0.05) is 20.1 Å². The van der Waals surface area contributed by atoms with E-state index in [0.717, 1.165) is 11.1 Å². The number of carbonyl (C=O) groups is 1. The maximum absolute atomic E-state index is 12.1. The molecule has 0 aliphatic heterocycles. The number of hydrogen-bond acceptors (Lipinski definition) is 4. The lowest BCUT2D eigenvalue weighted by Crippen LogP contribution is -2.15. The Bertz CT molecular complexity index is 462. The highest BCUT2D eigenvalue weighted by atomic mass is 31.2. The molecule has 0 heterocycles. The van der Waals surface area contributed by atoms with Crippen LogP contribution < -0.4 is 0 Å². The quantitative estimate of drug-likeness (QED) is 0.745. The third-order valence-corrected chi connectivity index (χ3v) is 4.74. The van der Waals surface area contributed by atoms with Gasteiger partial charge in [0.15, 0.2) is 5.78 Å². The fourth-order valence-electron chi connectivity index (χ4n) is 1.66. The number of ketones is 1. The van der Waals surface area contributed by atoms with Crippen LogP contribution in [0.1, 0.15) is 24.0 Å². The van der Waals surface area contributed by atoms with Gasteiger partial charge in [0.05, 0.1) is 0 Å². The van der Waals surface area contributed by atoms with Crippen LogP contribution in [0.2, 0.25) is 0 Å². The molecular formula is C13H19O4P. The van der Waals surface area contributed by atoms with Crippen LogP contribution in [-0.4, -0.2) is 26.2 Å². The lowest BCUT2D eigenvalue weighted by Gasteiger charge is -2.16. The van der Waals surface area contributed by atoms with Gasteiger partial charge in [-0.25, -0.2) is 0 Å². The van der Waals surface area contributed by atoms with Gasteiger partial charge in [-0.3, -0.25) is 9.36 Å². The Labute approximate surface area is 108 Å². The van der Waals surface area contributed by atoms with Crippen molar-refractivity contribution in [2.75, 3.05) is 20.4 Å². The van der Waals surface area contributed by atoms with Crippen LogP contribution in [0.25, 0.3) is 0 Å². The van der Waals surface area contributed by atoms with Crippen molar-refractivity contribution in [3.05, 3.63) is 35.4 Å². The molecule has 0 radical (unpaired) electrons. The Morgan fingerprint density at radius 1 is 1.33 bits per heavy atom. The fraction of sp³-hybridized carbons (Fsp3) is 0.462. The van der Waals surface area contributed by atoms with E-state index in [4.69, 9.17) is 9.05 Å². The van der Waals surface area contributed by atoms with Crippen molar-refractivity contribution in [2.24, 2.45) is 0 Å². The normalized spacial score (nSPS) is 13.3. The van der Waals surface area contributed by atoms with Gasteiger partial charge in [0.25, 0.3) is 0 Å². The average molecular weight is 270 g/mol. The molecular weight excluding hydrogens is 251 g/mol. The third kappa shape index (κ3) is 3.77. The highest BCUT2D eigenvalue weighted by Crippen LogP contribution is 2.47. The third-order valence-electron chi connectivity index (χ3n) is 2.93. The zero-order valence-electron chi connectivity index (χ0n) is 11.2. The van der Waals surface area contributed by atoms with E-state index >= 15 is 0 Å². The maximum Gasteiger partial charge on any atom is 0.337 e. The van der Waals surface area contributed by atoms with Gasteiger partial charge in [-0.2, -0.15) is 0 Å². The maximum atomic E-state index is 12.1. The summed E-state index contributed by atoms with van der Waals surface area (Å²) in [7, 11) is -0.700. The summed E-state index contributed by atoms with van der Waals surface area (Å²) in [6, 6.07) is 7.71. The van der Waals surface area contributed by atoms with E-state index in [1.807, 2.05) is 31.2 Å². The number of hydrogen-bond donors (Lipinski definition) is 0. The summed E-state index contributed by atoms with van der Waals surface area (Å²) in [5.41, 5.74) is 2.01. The second kappa shape index (κ2) is 6.28. The molecule has 100 valence electrons. The van der Waals surface area contributed by atoms with Crippen molar-refractivity contribution >= 4 is 13.4 Å². The van der Waals surface area contributed by atoms with Gasteiger partial charge < -0.3 is 9.05 Å². The fourth-order valence-corrected chi connectivity index (χ4v) is 2.72. The molecule has 0 aliphatic rings. The van der Waals surface area contributed by atoms with Crippen LogP contribution in [0.4, 0.5) is 0 Å². The zero-order chi connectivity index (χ0) is 13.8. The summed E-state index contributed by atoms with van der Waals surface area (Å²) in [4.78, 5) is 12.1. The molecule has 1 unspecified atom stereocenters. The summed E-state index contributed by atoms with van der Waals surface area (Å²) in [6.07, 6.45) is -0.199. The number of rotatable bonds is 6. The van der Waals surface area contributed by atoms with Crippen LogP contribution in [0, 0.1) is 6.92 Å². The summed E-state index contributed by atoms with van der Waals surface area (Å²) in [5.74, 6) is -0.462. The van der Waals surface area contributed by atoms with Gasteiger partial charge in [0.1, 0.15) is 6.16 Å². The van der Waals surface area contributed by atoms with Gasteiger partial charge in [-0.15, -0.1) is 0 Å². The van der Waals surface area contributed by atoms with E-state index in [2.05, 4.69) is 0 Å². The molecule has 0 bridgehead atoms. The van der Waals surface area contributed by atoms with Crippen LogP contribution >= 0.6 is 7.60 Å². The van der Waals surface area contributed by atoms with E-state index in [0.29, 0.717) is 0 Å². The molecule has 1 atom stereocenters. The lowest BCUT2D eigenvalue weighted by atomic mass is 9.96. The minimum absolute atomic E-state index is 0.146. The SMILES string of the molecule is COP(=O)(CC(=O)C(C)c1cccc(C)c1)OC. The minimum Gasteiger partial charge on any atom is -0.312 e. The van der Waals surface area contributed by atoms with E-state index in [1.165, 1.54) is 14.2 Å². The molecule has 5 heteroatoms. The van der Waals surface area contributed by atoms with Crippen molar-refractivity contribution in [3.63, 3.8) is 0 Å². The monoisotopic (exact) mass is 270 g/mol. The molecule has 1 aromatic rings. The predicted molar refractivity (Wildman–Crippen MR) is 71.1 cm³/mol. The first-order valence-corrected chi connectivity index (χ1v) is 7.44. The van der Waals surface area contributed by atoms with Gasteiger partial charge >= 0.3 is 7.60 Å². The molecule has 0 amide bonds. The van der Waals surface area contributed by atoms with Crippen molar-refractivity contribution in [1.29, 1.82) is 0 Å². The van der Waals surface area contributed by atoms with Gasteiger partial charge in [-0.1, -0.05) is 36.8 Å². The second-order valence-corrected chi connectivity index (χ2v) is 6.50. The topological polar surface area (TPSA) is 52.6 Å². The summed E-state index contributed by atoms with van der Waals surface area (Å²) in [6.45, 7) is 3.77. The van der Waals surface area contributed by atoms with Gasteiger partial charge in [0.2, 0.25) is 0 Å². The number of Topliss-reactive ketones (excluding diaryl/α,β-unsaturated/α-hetero) is 1. The highest BCUT2D eigenvalue weighted by Gasteiger charge is 2.28. The first-order valence-electron chi connectivity index (χ1n) is 5.71. The molecule has 0 N–H and O–H groups in total.